The van der Waals surface area contributed by atoms with Crippen molar-refractivity contribution in [3.05, 3.63) is 84.2 Å². The number of benzene rings is 2. The van der Waals surface area contributed by atoms with E-state index in [-0.39, 0.29) is 17.1 Å². The highest BCUT2D eigenvalue weighted by Crippen LogP contribution is 2.20. The zero-order valence-electron chi connectivity index (χ0n) is 18.3. The molecule has 1 heterocycles. The molecule has 1 aromatic heterocycles. The van der Waals surface area contributed by atoms with Crippen LogP contribution in [0.1, 0.15) is 36.8 Å². The zero-order valence-corrected chi connectivity index (χ0v) is 19.1. The molecule has 0 bridgehead atoms. The van der Waals surface area contributed by atoms with Crippen LogP contribution in [-0.4, -0.2) is 33.6 Å². The molecule has 3 rings (SSSR count). The number of hydrogen-bond donors (Lipinski definition) is 3. The summed E-state index contributed by atoms with van der Waals surface area (Å²) in [4.78, 5) is 26.7. The standard InChI is InChI=1S/C24H27N5O2S/c1-24(2,3)29-32-19-13-11-18(12-14-19)26-23(31)21(16-17-8-5-4-6-9-17)27-22(30)20-10-7-15-25-28-20/h4-15,21,29H,16H2,1-3H3,(H,26,31)(H,27,30)/t21-/m0/s1. The Morgan fingerprint density at radius 3 is 2.31 bits per heavy atom. The van der Waals surface area contributed by atoms with E-state index in [2.05, 4.69) is 46.3 Å². The number of aromatic nitrogens is 2. The van der Waals surface area contributed by atoms with Gasteiger partial charge in [0.05, 0.1) is 0 Å². The van der Waals surface area contributed by atoms with Gasteiger partial charge in [0.15, 0.2) is 5.69 Å². The smallest absolute Gasteiger partial charge is 0.272 e. The van der Waals surface area contributed by atoms with Crippen molar-refractivity contribution in [1.82, 2.24) is 20.2 Å². The topological polar surface area (TPSA) is 96.0 Å². The number of amides is 2. The van der Waals surface area contributed by atoms with Crippen molar-refractivity contribution in [2.45, 2.75) is 43.7 Å². The van der Waals surface area contributed by atoms with Crippen LogP contribution in [0.25, 0.3) is 0 Å². The zero-order chi connectivity index (χ0) is 23.0. The first kappa shape index (κ1) is 23.4. The van der Waals surface area contributed by atoms with Crippen molar-refractivity contribution >= 4 is 29.4 Å². The van der Waals surface area contributed by atoms with Crippen molar-refractivity contribution in [3.8, 4) is 0 Å². The molecule has 0 fully saturated rings. The fourth-order valence-corrected chi connectivity index (χ4v) is 3.46. The van der Waals surface area contributed by atoms with Crippen LogP contribution in [0.5, 0.6) is 0 Å². The first-order valence-corrected chi connectivity index (χ1v) is 11.1. The lowest BCUT2D eigenvalue weighted by molar-refractivity contribution is -0.118. The number of nitrogens with one attached hydrogen (secondary N) is 3. The molecule has 0 spiro atoms. The number of carbonyl (C=O) groups is 2. The maximum Gasteiger partial charge on any atom is 0.272 e. The third kappa shape index (κ3) is 7.47. The second kappa shape index (κ2) is 10.9. The van der Waals surface area contributed by atoms with Gasteiger partial charge in [-0.3, -0.25) is 14.3 Å². The minimum Gasteiger partial charge on any atom is -0.338 e. The van der Waals surface area contributed by atoms with Crippen molar-refractivity contribution in [1.29, 1.82) is 0 Å². The summed E-state index contributed by atoms with van der Waals surface area (Å²) in [7, 11) is 0. The first-order valence-electron chi connectivity index (χ1n) is 10.3. The Morgan fingerprint density at radius 2 is 1.69 bits per heavy atom. The van der Waals surface area contributed by atoms with Crippen LogP contribution in [0.4, 0.5) is 5.69 Å². The maximum atomic E-state index is 13.0. The lowest BCUT2D eigenvalue weighted by Gasteiger charge is -2.20. The van der Waals surface area contributed by atoms with Gasteiger partial charge < -0.3 is 10.6 Å². The molecule has 0 saturated heterocycles. The Balaban J connectivity index is 1.69. The van der Waals surface area contributed by atoms with Gasteiger partial charge in [-0.25, -0.2) is 0 Å². The molecule has 0 aliphatic heterocycles. The average Bonchev–Trinajstić information content (AvgIpc) is 2.79. The molecule has 2 amide bonds. The van der Waals surface area contributed by atoms with Gasteiger partial charge in [-0.1, -0.05) is 30.3 Å². The van der Waals surface area contributed by atoms with Gasteiger partial charge in [-0.05, 0) is 74.7 Å². The summed E-state index contributed by atoms with van der Waals surface area (Å²) in [5, 5.41) is 13.2. The number of hydrogen-bond acceptors (Lipinski definition) is 6. The predicted octanol–water partition coefficient (Wildman–Crippen LogP) is 3.85. The predicted molar refractivity (Wildman–Crippen MR) is 127 cm³/mol. The van der Waals surface area contributed by atoms with E-state index >= 15 is 0 Å². The number of nitrogens with zero attached hydrogens (tertiary/aromatic N) is 2. The quantitative estimate of drug-likeness (QED) is 0.452. The van der Waals surface area contributed by atoms with E-state index in [9.17, 15) is 9.59 Å². The second-order valence-corrected chi connectivity index (χ2v) is 9.17. The van der Waals surface area contributed by atoms with E-state index in [0.29, 0.717) is 12.1 Å². The molecule has 0 aliphatic rings. The summed E-state index contributed by atoms with van der Waals surface area (Å²) in [5.41, 5.74) is 1.74. The molecule has 166 valence electrons. The Kier molecular flexibility index (Phi) is 7.97. The Morgan fingerprint density at radius 1 is 0.969 bits per heavy atom. The largest absolute Gasteiger partial charge is 0.338 e. The van der Waals surface area contributed by atoms with E-state index < -0.39 is 11.9 Å². The molecule has 0 aliphatic carbocycles. The highest BCUT2D eigenvalue weighted by atomic mass is 32.2. The molecule has 1 atom stereocenters. The first-order chi connectivity index (χ1) is 15.3. The minimum atomic E-state index is -0.775. The van der Waals surface area contributed by atoms with Gasteiger partial charge in [0, 0.05) is 28.7 Å². The summed E-state index contributed by atoms with van der Waals surface area (Å²) in [6.07, 6.45) is 1.84. The third-order valence-electron chi connectivity index (χ3n) is 4.31. The molecular formula is C24H27N5O2S. The third-order valence-corrected chi connectivity index (χ3v) is 5.53. The van der Waals surface area contributed by atoms with E-state index in [1.165, 1.54) is 18.1 Å². The molecule has 0 unspecified atom stereocenters. The molecule has 0 radical (unpaired) electrons. The van der Waals surface area contributed by atoms with Gasteiger partial charge in [-0.2, -0.15) is 5.10 Å². The van der Waals surface area contributed by atoms with Gasteiger partial charge in [0.25, 0.3) is 5.91 Å². The van der Waals surface area contributed by atoms with Gasteiger partial charge in [-0.15, -0.1) is 5.10 Å². The fraction of sp³-hybridized carbons (Fsp3) is 0.250. The van der Waals surface area contributed by atoms with Crippen molar-refractivity contribution in [3.63, 3.8) is 0 Å². The lowest BCUT2D eigenvalue weighted by Crippen LogP contribution is -2.45. The van der Waals surface area contributed by atoms with E-state index in [1.807, 2.05) is 54.6 Å². The van der Waals surface area contributed by atoms with Gasteiger partial charge in [0.2, 0.25) is 5.91 Å². The molecule has 32 heavy (non-hydrogen) atoms. The fourth-order valence-electron chi connectivity index (χ4n) is 2.76. The number of anilines is 1. The van der Waals surface area contributed by atoms with Crippen LogP contribution in [0, 0.1) is 0 Å². The van der Waals surface area contributed by atoms with E-state index in [0.717, 1.165) is 10.5 Å². The minimum absolute atomic E-state index is 0.0104. The number of carbonyl (C=O) groups excluding carboxylic acids is 2. The van der Waals surface area contributed by atoms with Gasteiger partial charge in [0.1, 0.15) is 6.04 Å². The lowest BCUT2D eigenvalue weighted by atomic mass is 10.0. The Labute approximate surface area is 192 Å². The maximum absolute atomic E-state index is 13.0. The number of rotatable bonds is 8. The molecule has 8 heteroatoms. The Hall–Kier alpha value is -3.23. The Bertz CT molecular complexity index is 1020. The SMILES string of the molecule is CC(C)(C)NSc1ccc(NC(=O)[C@H](Cc2ccccc2)NC(=O)c2cccnn2)cc1. The average molecular weight is 450 g/mol. The highest BCUT2D eigenvalue weighted by Gasteiger charge is 2.23. The second-order valence-electron chi connectivity index (χ2n) is 8.29. The summed E-state index contributed by atoms with van der Waals surface area (Å²) in [5.74, 6) is -0.756. The van der Waals surface area contributed by atoms with Crippen LogP contribution >= 0.6 is 11.9 Å². The van der Waals surface area contributed by atoms with Crippen LogP contribution in [0.3, 0.4) is 0 Å². The van der Waals surface area contributed by atoms with Gasteiger partial charge >= 0.3 is 0 Å². The van der Waals surface area contributed by atoms with Crippen molar-refractivity contribution < 1.29 is 9.59 Å². The van der Waals surface area contributed by atoms with Crippen LogP contribution < -0.4 is 15.4 Å². The summed E-state index contributed by atoms with van der Waals surface area (Å²) in [6, 6.07) is 19.5. The van der Waals surface area contributed by atoms with E-state index in [4.69, 9.17) is 0 Å². The van der Waals surface area contributed by atoms with Crippen molar-refractivity contribution in [2.75, 3.05) is 5.32 Å². The molecule has 3 aromatic rings. The van der Waals surface area contributed by atoms with Crippen molar-refractivity contribution in [2.24, 2.45) is 0 Å². The molecule has 0 saturated carbocycles. The van der Waals surface area contributed by atoms with Crippen LogP contribution in [-0.2, 0) is 11.2 Å². The normalized spacial score (nSPS) is 12.1. The van der Waals surface area contributed by atoms with Crippen LogP contribution in [0.2, 0.25) is 0 Å². The molecule has 3 N–H and O–H groups in total. The summed E-state index contributed by atoms with van der Waals surface area (Å²) < 4.78 is 3.35. The molecule has 7 nitrogen and oxygen atoms in total. The molecular weight excluding hydrogens is 422 g/mol. The monoisotopic (exact) mass is 449 g/mol. The summed E-state index contributed by atoms with van der Waals surface area (Å²) >= 11 is 1.54. The van der Waals surface area contributed by atoms with E-state index in [1.54, 1.807) is 12.1 Å². The highest BCUT2D eigenvalue weighted by molar-refractivity contribution is 7.97. The molecule has 2 aromatic carbocycles. The van der Waals surface area contributed by atoms with Crippen LogP contribution in [0.15, 0.2) is 77.8 Å². The summed E-state index contributed by atoms with van der Waals surface area (Å²) in [6.45, 7) is 6.28.